The van der Waals surface area contributed by atoms with Crippen LogP contribution < -0.4 is 5.73 Å². The molecule has 1 unspecified atom stereocenters. The van der Waals surface area contributed by atoms with Crippen molar-refractivity contribution in [3.63, 3.8) is 0 Å². The Bertz CT molecular complexity index is 385. The second kappa shape index (κ2) is 5.98. The number of nitrogens with one attached hydrogen (secondary N) is 1. The van der Waals surface area contributed by atoms with Crippen molar-refractivity contribution < 1.29 is 5.11 Å². The van der Waals surface area contributed by atoms with Gasteiger partial charge in [-0.1, -0.05) is 30.3 Å². The number of likely N-dealkylation sites (tertiary alicyclic amines) is 1. The van der Waals surface area contributed by atoms with Gasteiger partial charge in [0.2, 0.25) is 0 Å². The van der Waals surface area contributed by atoms with Crippen molar-refractivity contribution in [2.24, 2.45) is 5.73 Å². The number of piperidine rings is 1. The van der Waals surface area contributed by atoms with Crippen molar-refractivity contribution in [2.45, 2.75) is 24.9 Å². The number of aliphatic hydroxyl groups is 1. The van der Waals surface area contributed by atoms with Crippen molar-refractivity contribution in [1.29, 1.82) is 5.41 Å². The monoisotopic (exact) mass is 247 g/mol. The van der Waals surface area contributed by atoms with E-state index in [0.29, 0.717) is 0 Å². The summed E-state index contributed by atoms with van der Waals surface area (Å²) in [6.45, 7) is 2.54. The molecule has 1 aliphatic heterocycles. The maximum absolute atomic E-state index is 9.49. The largest absolute Gasteiger partial charge is 0.393 e. The number of benzene rings is 1. The minimum absolute atomic E-state index is 0.0403. The second-order valence-electron chi connectivity index (χ2n) is 4.95. The molecule has 1 aromatic rings. The molecule has 0 saturated carbocycles. The molecule has 0 amide bonds. The van der Waals surface area contributed by atoms with Crippen molar-refractivity contribution in [1.82, 2.24) is 4.90 Å². The third-order valence-corrected chi connectivity index (χ3v) is 3.58. The third kappa shape index (κ3) is 3.31. The summed E-state index contributed by atoms with van der Waals surface area (Å²) in [6.07, 6.45) is 1.48. The SMILES string of the molecule is N=C(N)C(CN1CCC(O)CC1)c1ccccc1. The normalized spacial score (nSPS) is 19.6. The summed E-state index contributed by atoms with van der Waals surface area (Å²) in [5.74, 6) is 0.175. The molecular weight excluding hydrogens is 226 g/mol. The number of rotatable bonds is 4. The van der Waals surface area contributed by atoms with Crippen LogP contribution >= 0.6 is 0 Å². The first-order valence-electron chi connectivity index (χ1n) is 6.46. The smallest absolute Gasteiger partial charge is 0.0995 e. The molecule has 1 fully saturated rings. The van der Waals surface area contributed by atoms with Gasteiger partial charge in [-0.2, -0.15) is 0 Å². The Hall–Kier alpha value is -1.39. The van der Waals surface area contributed by atoms with Crippen molar-refractivity contribution in [3.8, 4) is 0 Å². The molecule has 0 aliphatic carbocycles. The van der Waals surface area contributed by atoms with Gasteiger partial charge in [-0.05, 0) is 18.4 Å². The van der Waals surface area contributed by atoms with Gasteiger partial charge in [-0.15, -0.1) is 0 Å². The van der Waals surface area contributed by atoms with Crippen LogP contribution in [0.1, 0.15) is 24.3 Å². The molecule has 1 aromatic carbocycles. The van der Waals surface area contributed by atoms with E-state index in [2.05, 4.69) is 4.90 Å². The van der Waals surface area contributed by atoms with Crippen molar-refractivity contribution in [3.05, 3.63) is 35.9 Å². The molecule has 1 atom stereocenters. The van der Waals surface area contributed by atoms with E-state index >= 15 is 0 Å². The van der Waals surface area contributed by atoms with Gasteiger partial charge in [0, 0.05) is 19.6 Å². The van der Waals surface area contributed by atoms with E-state index < -0.39 is 0 Å². The van der Waals surface area contributed by atoms with Crippen molar-refractivity contribution in [2.75, 3.05) is 19.6 Å². The Morgan fingerprint density at radius 1 is 1.33 bits per heavy atom. The Morgan fingerprint density at radius 3 is 2.50 bits per heavy atom. The molecule has 98 valence electrons. The van der Waals surface area contributed by atoms with Gasteiger partial charge in [0.15, 0.2) is 0 Å². The molecule has 0 radical (unpaired) electrons. The molecule has 0 bridgehead atoms. The molecule has 1 saturated heterocycles. The quantitative estimate of drug-likeness (QED) is 0.552. The van der Waals surface area contributed by atoms with Gasteiger partial charge in [0.25, 0.3) is 0 Å². The van der Waals surface area contributed by atoms with Crippen LogP contribution in [-0.4, -0.2) is 41.6 Å². The summed E-state index contributed by atoms with van der Waals surface area (Å²) in [5.41, 5.74) is 6.81. The molecular formula is C14H21N3O. The lowest BCUT2D eigenvalue weighted by atomic mass is 9.96. The van der Waals surface area contributed by atoms with Crippen LogP contribution in [0.25, 0.3) is 0 Å². The van der Waals surface area contributed by atoms with Gasteiger partial charge in [0.05, 0.1) is 17.9 Å². The third-order valence-electron chi connectivity index (χ3n) is 3.58. The van der Waals surface area contributed by atoms with E-state index in [1.54, 1.807) is 0 Å². The highest BCUT2D eigenvalue weighted by Crippen LogP contribution is 2.19. The van der Waals surface area contributed by atoms with E-state index in [1.165, 1.54) is 0 Å². The molecule has 18 heavy (non-hydrogen) atoms. The minimum atomic E-state index is -0.159. The van der Waals surface area contributed by atoms with E-state index in [4.69, 9.17) is 11.1 Å². The number of nitrogens with zero attached hydrogens (tertiary/aromatic N) is 1. The first-order valence-corrected chi connectivity index (χ1v) is 6.46. The highest BCUT2D eigenvalue weighted by molar-refractivity contribution is 5.84. The molecule has 4 N–H and O–H groups in total. The zero-order chi connectivity index (χ0) is 13.0. The van der Waals surface area contributed by atoms with Gasteiger partial charge >= 0.3 is 0 Å². The molecule has 1 heterocycles. The maximum Gasteiger partial charge on any atom is 0.0995 e. The Kier molecular flexibility index (Phi) is 4.33. The predicted octanol–water partition coefficient (Wildman–Crippen LogP) is 1.16. The lowest BCUT2D eigenvalue weighted by Gasteiger charge is -2.32. The lowest BCUT2D eigenvalue weighted by molar-refractivity contribution is 0.0820. The summed E-state index contributed by atoms with van der Waals surface area (Å²) in [4.78, 5) is 2.28. The number of nitrogens with two attached hydrogens (primary N) is 1. The highest BCUT2D eigenvalue weighted by Gasteiger charge is 2.22. The average Bonchev–Trinajstić information content (AvgIpc) is 2.38. The summed E-state index contributed by atoms with van der Waals surface area (Å²) in [7, 11) is 0. The van der Waals surface area contributed by atoms with Crippen LogP contribution in [0.15, 0.2) is 30.3 Å². The average molecular weight is 247 g/mol. The number of amidine groups is 1. The van der Waals surface area contributed by atoms with Gasteiger partial charge < -0.3 is 15.7 Å². The van der Waals surface area contributed by atoms with Gasteiger partial charge in [-0.3, -0.25) is 5.41 Å². The Labute approximate surface area is 108 Å². The fourth-order valence-corrected chi connectivity index (χ4v) is 2.43. The molecule has 1 aliphatic rings. The standard InChI is InChI=1S/C14H21N3O/c15-14(16)13(11-4-2-1-3-5-11)10-17-8-6-12(18)7-9-17/h1-5,12-13,18H,6-10H2,(H3,15,16). The van der Waals surface area contributed by atoms with Crippen LogP contribution in [0.5, 0.6) is 0 Å². The molecule has 4 heteroatoms. The zero-order valence-corrected chi connectivity index (χ0v) is 10.5. The van der Waals surface area contributed by atoms with Crippen LogP contribution in [-0.2, 0) is 0 Å². The van der Waals surface area contributed by atoms with Crippen molar-refractivity contribution >= 4 is 5.84 Å². The first kappa shape index (κ1) is 13.1. The van der Waals surface area contributed by atoms with Gasteiger partial charge in [0.1, 0.15) is 0 Å². The van der Waals surface area contributed by atoms with Crippen LogP contribution in [0.4, 0.5) is 0 Å². The van der Waals surface area contributed by atoms with E-state index in [1.807, 2.05) is 30.3 Å². The summed E-state index contributed by atoms with van der Waals surface area (Å²) in [5, 5.41) is 17.2. The zero-order valence-electron chi connectivity index (χ0n) is 10.5. The predicted molar refractivity (Wildman–Crippen MR) is 72.8 cm³/mol. The first-order chi connectivity index (χ1) is 8.66. The Morgan fingerprint density at radius 2 is 1.94 bits per heavy atom. The highest BCUT2D eigenvalue weighted by atomic mass is 16.3. The summed E-state index contributed by atoms with van der Waals surface area (Å²) < 4.78 is 0. The maximum atomic E-state index is 9.49. The van der Waals surface area contributed by atoms with Crippen LogP contribution in [0.2, 0.25) is 0 Å². The molecule has 0 spiro atoms. The number of hydrogen-bond acceptors (Lipinski definition) is 3. The molecule has 0 aromatic heterocycles. The van der Waals surface area contributed by atoms with E-state index in [0.717, 1.165) is 38.0 Å². The number of aliphatic hydroxyl groups excluding tert-OH is 1. The second-order valence-corrected chi connectivity index (χ2v) is 4.95. The topological polar surface area (TPSA) is 73.3 Å². The molecule has 4 nitrogen and oxygen atoms in total. The fourth-order valence-electron chi connectivity index (χ4n) is 2.43. The summed E-state index contributed by atoms with van der Waals surface area (Å²) >= 11 is 0. The molecule has 2 rings (SSSR count). The fraction of sp³-hybridized carbons (Fsp3) is 0.500. The van der Waals surface area contributed by atoms with E-state index in [-0.39, 0.29) is 17.9 Å². The van der Waals surface area contributed by atoms with Crippen LogP contribution in [0, 0.1) is 5.41 Å². The lowest BCUT2D eigenvalue weighted by Crippen LogP contribution is -2.40. The van der Waals surface area contributed by atoms with E-state index in [9.17, 15) is 5.11 Å². The Balaban J connectivity index is 2.01. The minimum Gasteiger partial charge on any atom is -0.393 e. The summed E-state index contributed by atoms with van der Waals surface area (Å²) in [6, 6.07) is 9.96. The van der Waals surface area contributed by atoms with Crippen LogP contribution in [0.3, 0.4) is 0 Å². The van der Waals surface area contributed by atoms with Gasteiger partial charge in [-0.25, -0.2) is 0 Å². The number of hydrogen-bond donors (Lipinski definition) is 3.